The summed E-state index contributed by atoms with van der Waals surface area (Å²) in [4.78, 5) is 0. The van der Waals surface area contributed by atoms with Crippen molar-refractivity contribution >= 4 is 61.7 Å². The Morgan fingerprint density at radius 3 is 2.60 bits per heavy atom. The van der Waals surface area contributed by atoms with Gasteiger partial charge in [0, 0.05) is 22.0 Å². The van der Waals surface area contributed by atoms with Gasteiger partial charge in [-0.1, -0.05) is 29.3 Å². The average molecular weight is 488 g/mol. The summed E-state index contributed by atoms with van der Waals surface area (Å²) in [6, 6.07) is 10.4. The minimum Gasteiger partial charge on any atom is -0.457 e. The Morgan fingerprint density at radius 2 is 1.95 bits per heavy atom. The second kappa shape index (κ2) is 6.40. The van der Waals surface area contributed by atoms with Crippen LogP contribution >= 0.6 is 61.7 Å². The predicted molar refractivity (Wildman–Crippen MR) is 93.5 cm³/mol. The second-order valence-corrected chi connectivity index (χ2v) is 7.04. The van der Waals surface area contributed by atoms with Gasteiger partial charge in [-0.15, -0.1) is 0 Å². The van der Waals surface area contributed by atoms with Gasteiger partial charge in [-0.25, -0.2) is 0 Å². The van der Waals surface area contributed by atoms with E-state index in [1.165, 1.54) is 0 Å². The van der Waals surface area contributed by atoms with Crippen LogP contribution in [0.25, 0.3) is 0 Å². The lowest BCUT2D eigenvalue weighted by Crippen LogP contribution is -2.29. The molecule has 106 valence electrons. The van der Waals surface area contributed by atoms with Gasteiger partial charge in [0.25, 0.3) is 0 Å². The van der Waals surface area contributed by atoms with Crippen LogP contribution in [-0.4, -0.2) is 5.11 Å². The first-order chi connectivity index (χ1) is 9.31. The summed E-state index contributed by atoms with van der Waals surface area (Å²) in [5.41, 5.74) is 0.458. The molecule has 1 atom stereocenters. The van der Waals surface area contributed by atoms with E-state index in [2.05, 4.69) is 38.5 Å². The van der Waals surface area contributed by atoms with E-state index in [1.807, 2.05) is 12.1 Å². The molecule has 2 rings (SSSR count). The summed E-state index contributed by atoms with van der Waals surface area (Å²) in [5, 5.41) is 11.4. The van der Waals surface area contributed by atoms with E-state index in [0.717, 1.165) is 8.04 Å². The van der Waals surface area contributed by atoms with Crippen LogP contribution in [0.3, 0.4) is 0 Å². The minimum absolute atomic E-state index is 0.354. The Morgan fingerprint density at radius 1 is 1.25 bits per heavy atom. The monoisotopic (exact) mass is 486 g/mol. The molecule has 2 aromatic rings. The Balaban J connectivity index is 2.38. The van der Waals surface area contributed by atoms with Crippen molar-refractivity contribution in [3.05, 3.63) is 60.0 Å². The molecule has 1 unspecified atom stereocenters. The molecule has 1 N–H and O–H groups in total. The molecule has 0 heterocycles. The highest BCUT2D eigenvalue weighted by Gasteiger charge is 2.29. The molecule has 0 aliphatic carbocycles. The third kappa shape index (κ3) is 3.60. The average Bonchev–Trinajstić information content (AvgIpc) is 2.34. The molecule has 0 radical (unpaired) electrons. The van der Waals surface area contributed by atoms with E-state index < -0.39 is 5.79 Å². The molecule has 2 nitrogen and oxygen atoms in total. The van der Waals surface area contributed by atoms with Crippen LogP contribution in [0.2, 0.25) is 10.0 Å². The number of aliphatic hydroxyl groups is 1. The number of benzene rings is 2. The fourth-order valence-electron chi connectivity index (χ4n) is 1.70. The summed E-state index contributed by atoms with van der Waals surface area (Å²) >= 11 is 17.5. The van der Waals surface area contributed by atoms with Crippen molar-refractivity contribution in [3.63, 3.8) is 0 Å². The molecular weight excluding hydrogens is 478 g/mol. The predicted octanol–water partition coefficient (Wildman–Crippen LogP) is 5.60. The number of hydrogen-bond acceptors (Lipinski definition) is 2. The summed E-state index contributed by atoms with van der Waals surface area (Å²) in [5.74, 6) is -0.987. The standard InChI is InChI=1S/C14H10BrCl2IO2/c1-14(19,9-6-5-8(16)7-11(9)17)20-12-4-2-3-10(15)13(12)18/h2-7,19H,1H3. The van der Waals surface area contributed by atoms with E-state index in [9.17, 15) is 5.11 Å². The topological polar surface area (TPSA) is 29.5 Å². The number of hydrogen-bond donors (Lipinski definition) is 1. The Labute approximate surface area is 149 Å². The quantitative estimate of drug-likeness (QED) is 0.451. The van der Waals surface area contributed by atoms with Crippen molar-refractivity contribution < 1.29 is 9.84 Å². The van der Waals surface area contributed by atoms with Gasteiger partial charge >= 0.3 is 0 Å². The zero-order valence-electron chi connectivity index (χ0n) is 10.3. The lowest BCUT2D eigenvalue weighted by Gasteiger charge is -2.27. The number of halogens is 4. The largest absolute Gasteiger partial charge is 0.457 e. The molecular formula is C14H10BrCl2IO2. The van der Waals surface area contributed by atoms with Crippen LogP contribution in [-0.2, 0) is 5.79 Å². The first-order valence-electron chi connectivity index (χ1n) is 5.62. The Bertz CT molecular complexity index is 647. The lowest BCUT2D eigenvalue weighted by atomic mass is 10.1. The van der Waals surface area contributed by atoms with Crippen molar-refractivity contribution in [1.29, 1.82) is 0 Å². The maximum Gasteiger partial charge on any atom is 0.233 e. The molecule has 0 saturated carbocycles. The third-order valence-electron chi connectivity index (χ3n) is 2.66. The van der Waals surface area contributed by atoms with E-state index in [0.29, 0.717) is 21.4 Å². The molecule has 0 aliphatic heterocycles. The highest BCUT2D eigenvalue weighted by molar-refractivity contribution is 14.1. The van der Waals surface area contributed by atoms with Gasteiger partial charge in [0.05, 0.1) is 8.59 Å². The highest BCUT2D eigenvalue weighted by atomic mass is 127. The molecule has 0 aliphatic rings. The maximum atomic E-state index is 10.6. The van der Waals surface area contributed by atoms with Crippen LogP contribution in [0, 0.1) is 3.57 Å². The zero-order chi connectivity index (χ0) is 14.9. The molecule has 0 spiro atoms. The molecule has 0 fully saturated rings. The van der Waals surface area contributed by atoms with Gasteiger partial charge in [0.2, 0.25) is 5.79 Å². The SMILES string of the molecule is CC(O)(Oc1cccc(Br)c1I)c1ccc(Cl)cc1Cl. The fraction of sp³-hybridized carbons (Fsp3) is 0.143. The Kier molecular flexibility index (Phi) is 5.24. The molecule has 0 saturated heterocycles. The van der Waals surface area contributed by atoms with Crippen LogP contribution in [0.15, 0.2) is 40.9 Å². The number of rotatable bonds is 3. The van der Waals surface area contributed by atoms with Crippen LogP contribution in [0.5, 0.6) is 5.75 Å². The molecule has 6 heteroatoms. The van der Waals surface area contributed by atoms with Crippen molar-refractivity contribution in [2.75, 3.05) is 0 Å². The van der Waals surface area contributed by atoms with Crippen LogP contribution < -0.4 is 4.74 Å². The molecule has 0 bridgehead atoms. The van der Waals surface area contributed by atoms with Gasteiger partial charge in [-0.05, 0) is 68.9 Å². The smallest absolute Gasteiger partial charge is 0.233 e. The third-order valence-corrected chi connectivity index (χ3v) is 5.72. The van der Waals surface area contributed by atoms with Gasteiger partial charge < -0.3 is 9.84 Å². The second-order valence-electron chi connectivity index (χ2n) is 4.26. The summed E-state index contributed by atoms with van der Waals surface area (Å²) in [6.07, 6.45) is 0. The van der Waals surface area contributed by atoms with Crippen molar-refractivity contribution in [2.45, 2.75) is 12.7 Å². The molecule has 2 aromatic carbocycles. The maximum absolute atomic E-state index is 10.6. The first-order valence-corrected chi connectivity index (χ1v) is 8.25. The fourth-order valence-corrected chi connectivity index (χ4v) is 3.10. The van der Waals surface area contributed by atoms with Crippen molar-refractivity contribution in [2.24, 2.45) is 0 Å². The molecule has 20 heavy (non-hydrogen) atoms. The van der Waals surface area contributed by atoms with E-state index in [-0.39, 0.29) is 0 Å². The van der Waals surface area contributed by atoms with Crippen molar-refractivity contribution in [3.8, 4) is 5.75 Å². The van der Waals surface area contributed by atoms with Gasteiger partial charge in [-0.3, -0.25) is 0 Å². The van der Waals surface area contributed by atoms with Crippen LogP contribution in [0.4, 0.5) is 0 Å². The van der Waals surface area contributed by atoms with E-state index >= 15 is 0 Å². The zero-order valence-corrected chi connectivity index (χ0v) is 15.6. The van der Waals surface area contributed by atoms with Crippen molar-refractivity contribution in [1.82, 2.24) is 0 Å². The Hall–Kier alpha value is -0.0100. The summed E-state index contributed by atoms with van der Waals surface area (Å²) in [7, 11) is 0. The summed E-state index contributed by atoms with van der Waals surface area (Å²) in [6.45, 7) is 1.54. The van der Waals surface area contributed by atoms with Gasteiger partial charge in [0.1, 0.15) is 5.75 Å². The van der Waals surface area contributed by atoms with Crippen LogP contribution in [0.1, 0.15) is 12.5 Å². The first kappa shape index (κ1) is 16.4. The summed E-state index contributed by atoms with van der Waals surface area (Å²) < 4.78 is 7.48. The lowest BCUT2D eigenvalue weighted by molar-refractivity contribution is -0.129. The minimum atomic E-state index is -1.55. The van der Waals surface area contributed by atoms with Gasteiger partial charge in [-0.2, -0.15) is 0 Å². The normalized spacial score (nSPS) is 13.9. The molecule has 0 amide bonds. The van der Waals surface area contributed by atoms with E-state index in [1.54, 1.807) is 31.2 Å². The number of ether oxygens (including phenoxy) is 1. The highest BCUT2D eigenvalue weighted by Crippen LogP contribution is 2.36. The van der Waals surface area contributed by atoms with Gasteiger partial charge in [0.15, 0.2) is 0 Å². The molecule has 0 aromatic heterocycles. The van der Waals surface area contributed by atoms with E-state index in [4.69, 9.17) is 27.9 Å².